The van der Waals surface area contributed by atoms with Crippen molar-refractivity contribution < 1.29 is 8.42 Å². The maximum atomic E-state index is 12.5. The van der Waals surface area contributed by atoms with Crippen molar-refractivity contribution in [2.75, 3.05) is 6.54 Å². The van der Waals surface area contributed by atoms with Crippen LogP contribution in [0.5, 0.6) is 0 Å². The van der Waals surface area contributed by atoms with Gasteiger partial charge in [-0.05, 0) is 43.5 Å². The molecule has 1 aromatic rings. The Labute approximate surface area is 145 Å². The molecule has 1 saturated carbocycles. The van der Waals surface area contributed by atoms with Gasteiger partial charge in [-0.3, -0.25) is 0 Å². The molecule has 1 aliphatic rings. The van der Waals surface area contributed by atoms with E-state index in [1.807, 2.05) is 6.07 Å². The van der Waals surface area contributed by atoms with Crippen LogP contribution in [0.1, 0.15) is 31.2 Å². The average molecular weight is 409 g/mol. The maximum absolute atomic E-state index is 12.5. The van der Waals surface area contributed by atoms with Gasteiger partial charge in [0.1, 0.15) is 0 Å². The molecule has 0 aromatic heterocycles. The molecule has 0 amide bonds. The van der Waals surface area contributed by atoms with Crippen molar-refractivity contribution in [3.8, 4) is 6.07 Å². The van der Waals surface area contributed by atoms with Crippen molar-refractivity contribution in [3.63, 3.8) is 0 Å². The third-order valence-corrected chi connectivity index (χ3v) is 5.76. The first kappa shape index (κ1) is 19.4. The van der Waals surface area contributed by atoms with Gasteiger partial charge in [0, 0.05) is 10.5 Å². The van der Waals surface area contributed by atoms with E-state index in [9.17, 15) is 8.42 Å². The molecule has 1 aliphatic carbocycles. The number of rotatable bonds is 4. The van der Waals surface area contributed by atoms with Crippen LogP contribution in [0.15, 0.2) is 27.6 Å². The molecule has 2 unspecified atom stereocenters. The number of hydrogen-bond donors (Lipinski definition) is 2. The van der Waals surface area contributed by atoms with Crippen molar-refractivity contribution in [2.24, 2.45) is 11.7 Å². The summed E-state index contributed by atoms with van der Waals surface area (Å²) >= 11 is 3.23. The van der Waals surface area contributed by atoms with Gasteiger partial charge in [-0.25, -0.2) is 13.1 Å². The van der Waals surface area contributed by atoms with Crippen LogP contribution in [0.4, 0.5) is 0 Å². The highest BCUT2D eigenvalue weighted by Crippen LogP contribution is 2.26. The fourth-order valence-corrected chi connectivity index (χ4v) is 4.75. The molecular formula is C14H19BrClN3O2S. The molecule has 0 heterocycles. The molecule has 2 rings (SSSR count). The standard InChI is InChI=1S/C14H18BrN3O2S.ClH/c15-12-5-10(8-16)6-13(7-12)21(19,20)18-14-4-2-1-3-11(14)9-17;/h5-7,11,14,18H,1-4,9,17H2;1H. The second-order valence-corrected chi connectivity index (χ2v) is 7.93. The Morgan fingerprint density at radius 3 is 2.64 bits per heavy atom. The Balaban J connectivity index is 0.00000242. The fraction of sp³-hybridized carbons (Fsp3) is 0.500. The summed E-state index contributed by atoms with van der Waals surface area (Å²) in [6, 6.07) is 6.31. The maximum Gasteiger partial charge on any atom is 0.240 e. The van der Waals surface area contributed by atoms with E-state index in [0.29, 0.717) is 16.6 Å². The smallest absolute Gasteiger partial charge is 0.240 e. The van der Waals surface area contributed by atoms with Crippen LogP contribution < -0.4 is 10.5 Å². The predicted molar refractivity (Wildman–Crippen MR) is 91.2 cm³/mol. The molecular weight excluding hydrogens is 390 g/mol. The van der Waals surface area contributed by atoms with Crippen molar-refractivity contribution in [1.82, 2.24) is 4.72 Å². The lowest BCUT2D eigenvalue weighted by Crippen LogP contribution is -2.44. The highest BCUT2D eigenvalue weighted by molar-refractivity contribution is 9.10. The third kappa shape index (κ3) is 4.67. The van der Waals surface area contributed by atoms with Crippen molar-refractivity contribution in [2.45, 2.75) is 36.6 Å². The number of nitrogens with two attached hydrogens (primary N) is 1. The normalized spacial score (nSPS) is 21.7. The number of nitriles is 1. The van der Waals surface area contributed by atoms with E-state index >= 15 is 0 Å². The van der Waals surface area contributed by atoms with Crippen LogP contribution >= 0.6 is 28.3 Å². The Hall–Kier alpha value is -0.650. The average Bonchev–Trinajstić information content (AvgIpc) is 2.46. The van der Waals surface area contributed by atoms with Crippen LogP contribution in [-0.4, -0.2) is 21.0 Å². The SMILES string of the molecule is Cl.N#Cc1cc(Br)cc(S(=O)(=O)NC2CCCCC2CN)c1. The van der Waals surface area contributed by atoms with Crippen LogP contribution in [0.25, 0.3) is 0 Å². The molecule has 2 atom stereocenters. The number of hydrogen-bond acceptors (Lipinski definition) is 4. The Kier molecular flexibility index (Phi) is 7.29. The van der Waals surface area contributed by atoms with E-state index < -0.39 is 10.0 Å². The molecule has 0 saturated heterocycles. The number of benzene rings is 1. The van der Waals surface area contributed by atoms with Crippen LogP contribution in [0.3, 0.4) is 0 Å². The van der Waals surface area contributed by atoms with E-state index in [1.165, 1.54) is 12.1 Å². The van der Waals surface area contributed by atoms with E-state index in [1.54, 1.807) is 6.07 Å². The molecule has 1 fully saturated rings. The van der Waals surface area contributed by atoms with Gasteiger partial charge in [0.2, 0.25) is 10.0 Å². The number of nitrogens with zero attached hydrogens (tertiary/aromatic N) is 1. The molecule has 5 nitrogen and oxygen atoms in total. The number of halogens is 2. The number of nitrogens with one attached hydrogen (secondary N) is 1. The van der Waals surface area contributed by atoms with Gasteiger partial charge < -0.3 is 5.73 Å². The predicted octanol–water partition coefficient (Wildman–Crippen LogP) is 2.54. The first-order valence-corrected chi connectivity index (χ1v) is 9.17. The summed E-state index contributed by atoms with van der Waals surface area (Å²) in [4.78, 5) is 0.106. The van der Waals surface area contributed by atoms with Crippen molar-refractivity contribution in [3.05, 3.63) is 28.2 Å². The summed E-state index contributed by atoms with van der Waals surface area (Å²) in [5.74, 6) is 0.177. The zero-order valence-electron chi connectivity index (χ0n) is 12.0. The molecule has 22 heavy (non-hydrogen) atoms. The van der Waals surface area contributed by atoms with Gasteiger partial charge in [0.25, 0.3) is 0 Å². The summed E-state index contributed by atoms with van der Waals surface area (Å²) in [7, 11) is -3.64. The van der Waals surface area contributed by atoms with Gasteiger partial charge in [-0.2, -0.15) is 5.26 Å². The zero-order valence-corrected chi connectivity index (χ0v) is 15.2. The summed E-state index contributed by atoms with van der Waals surface area (Å²) in [6.45, 7) is 0.481. The first-order chi connectivity index (χ1) is 9.96. The minimum Gasteiger partial charge on any atom is -0.330 e. The first-order valence-electron chi connectivity index (χ1n) is 6.89. The van der Waals surface area contributed by atoms with Crippen molar-refractivity contribution in [1.29, 1.82) is 5.26 Å². The van der Waals surface area contributed by atoms with Crippen LogP contribution in [-0.2, 0) is 10.0 Å². The van der Waals surface area contributed by atoms with Gasteiger partial charge in [-0.15, -0.1) is 12.4 Å². The largest absolute Gasteiger partial charge is 0.330 e. The Bertz CT molecular complexity index is 661. The minimum atomic E-state index is -3.64. The summed E-state index contributed by atoms with van der Waals surface area (Å²) in [6.07, 6.45) is 3.85. The second kappa shape index (κ2) is 8.27. The quantitative estimate of drug-likeness (QED) is 0.800. The van der Waals surface area contributed by atoms with E-state index in [-0.39, 0.29) is 29.3 Å². The topological polar surface area (TPSA) is 96.0 Å². The van der Waals surface area contributed by atoms with Crippen LogP contribution in [0, 0.1) is 17.2 Å². The van der Waals surface area contributed by atoms with Gasteiger partial charge in [0.15, 0.2) is 0 Å². The Morgan fingerprint density at radius 2 is 2.00 bits per heavy atom. The lowest BCUT2D eigenvalue weighted by atomic mass is 9.85. The molecule has 1 aromatic carbocycles. The lowest BCUT2D eigenvalue weighted by molar-refractivity contribution is 0.296. The lowest BCUT2D eigenvalue weighted by Gasteiger charge is -2.31. The zero-order chi connectivity index (χ0) is 15.5. The van der Waals surface area contributed by atoms with Gasteiger partial charge in [0.05, 0.1) is 16.5 Å². The highest BCUT2D eigenvalue weighted by Gasteiger charge is 2.28. The van der Waals surface area contributed by atoms with E-state index in [0.717, 1.165) is 25.7 Å². The summed E-state index contributed by atoms with van der Waals surface area (Å²) in [5.41, 5.74) is 6.04. The molecule has 0 spiro atoms. The van der Waals surface area contributed by atoms with Gasteiger partial charge in [-0.1, -0.05) is 28.8 Å². The summed E-state index contributed by atoms with van der Waals surface area (Å²) in [5, 5.41) is 8.95. The summed E-state index contributed by atoms with van der Waals surface area (Å²) < 4.78 is 28.3. The molecule has 3 N–H and O–H groups in total. The fourth-order valence-electron chi connectivity index (χ4n) is 2.69. The number of sulfonamides is 1. The minimum absolute atomic E-state index is 0. The second-order valence-electron chi connectivity index (χ2n) is 5.30. The Morgan fingerprint density at radius 1 is 1.32 bits per heavy atom. The van der Waals surface area contributed by atoms with Crippen LogP contribution in [0.2, 0.25) is 0 Å². The molecule has 0 aliphatic heterocycles. The van der Waals surface area contributed by atoms with Gasteiger partial charge >= 0.3 is 0 Å². The molecule has 8 heteroatoms. The van der Waals surface area contributed by atoms with E-state index in [4.69, 9.17) is 11.0 Å². The molecule has 0 radical (unpaired) electrons. The van der Waals surface area contributed by atoms with Crippen molar-refractivity contribution >= 4 is 38.4 Å². The van der Waals surface area contributed by atoms with E-state index in [2.05, 4.69) is 20.7 Å². The monoisotopic (exact) mass is 407 g/mol. The highest BCUT2D eigenvalue weighted by atomic mass is 79.9. The molecule has 122 valence electrons. The molecule has 0 bridgehead atoms. The third-order valence-electron chi connectivity index (χ3n) is 3.83.